The smallest absolute Gasteiger partial charge is 0.335 e. The summed E-state index contributed by atoms with van der Waals surface area (Å²) in [6.07, 6.45) is 2.01. The molecule has 0 saturated carbocycles. The van der Waals surface area contributed by atoms with Crippen LogP contribution in [0.15, 0.2) is 35.4 Å². The minimum absolute atomic E-state index is 0.00980. The number of benzene rings is 1. The third kappa shape index (κ3) is 3.47. The van der Waals surface area contributed by atoms with E-state index < -0.39 is 16.0 Å². The molecule has 1 aromatic heterocycles. The Hall–Kier alpha value is -2.19. The molecule has 0 saturated heterocycles. The summed E-state index contributed by atoms with van der Waals surface area (Å²) in [6, 6.07) is 5.75. The highest BCUT2D eigenvalue weighted by molar-refractivity contribution is 7.89. The topological polar surface area (TPSA) is 112 Å². The molecule has 1 aromatic carbocycles. The summed E-state index contributed by atoms with van der Waals surface area (Å²) in [4.78, 5) is 11.0. The zero-order valence-electron chi connectivity index (χ0n) is 11.3. The number of nitrogens with zero attached hydrogens (tertiary/aromatic N) is 1. The fourth-order valence-corrected chi connectivity index (χ4v) is 3.20. The van der Waals surface area contributed by atoms with Gasteiger partial charge >= 0.3 is 5.97 Å². The third-order valence-electron chi connectivity index (χ3n) is 3.00. The normalized spacial score (nSPS) is 11.5. The molecule has 0 unspecified atom stereocenters. The molecule has 1 heterocycles. The number of rotatable bonds is 6. The first-order valence-corrected chi connectivity index (χ1v) is 7.76. The summed E-state index contributed by atoms with van der Waals surface area (Å²) in [5.41, 5.74) is 1.12. The van der Waals surface area contributed by atoms with Crippen LogP contribution < -0.4 is 4.72 Å². The van der Waals surface area contributed by atoms with Gasteiger partial charge in [0, 0.05) is 6.20 Å². The van der Waals surface area contributed by atoms with Crippen molar-refractivity contribution >= 4 is 16.0 Å². The summed E-state index contributed by atoms with van der Waals surface area (Å²) in [5.74, 6) is -1.16. The lowest BCUT2D eigenvalue weighted by atomic mass is 10.1. The molecule has 0 fully saturated rings. The van der Waals surface area contributed by atoms with Crippen molar-refractivity contribution in [2.24, 2.45) is 0 Å². The number of sulfonamides is 1. The second-order valence-corrected chi connectivity index (χ2v) is 6.12. The largest absolute Gasteiger partial charge is 0.478 e. The second-order valence-electron chi connectivity index (χ2n) is 4.39. The predicted molar refractivity (Wildman–Crippen MR) is 75.4 cm³/mol. The van der Waals surface area contributed by atoms with Gasteiger partial charge in [-0.05, 0) is 30.2 Å². The Morgan fingerprint density at radius 1 is 1.38 bits per heavy atom. The quantitative estimate of drug-likeness (QED) is 0.741. The average Bonchev–Trinajstić information content (AvgIpc) is 2.98. The van der Waals surface area contributed by atoms with E-state index in [9.17, 15) is 13.2 Å². The van der Waals surface area contributed by atoms with Gasteiger partial charge in [0.05, 0.1) is 22.7 Å². The first-order valence-electron chi connectivity index (χ1n) is 6.28. The van der Waals surface area contributed by atoms with Crippen molar-refractivity contribution in [1.29, 1.82) is 0 Å². The third-order valence-corrected chi connectivity index (χ3v) is 4.48. The van der Waals surface area contributed by atoms with Gasteiger partial charge in [-0.2, -0.15) is 5.10 Å². The number of aromatic nitrogens is 2. The number of carbonyl (C=O) groups is 1. The van der Waals surface area contributed by atoms with E-state index in [0.717, 1.165) is 0 Å². The van der Waals surface area contributed by atoms with E-state index in [1.165, 1.54) is 24.4 Å². The first kappa shape index (κ1) is 15.2. The summed E-state index contributed by atoms with van der Waals surface area (Å²) >= 11 is 0. The van der Waals surface area contributed by atoms with Gasteiger partial charge in [-0.1, -0.05) is 13.0 Å². The van der Waals surface area contributed by atoms with Crippen molar-refractivity contribution in [2.75, 3.05) is 0 Å². The highest BCUT2D eigenvalue weighted by atomic mass is 32.2. The highest BCUT2D eigenvalue weighted by Gasteiger charge is 2.20. The second kappa shape index (κ2) is 6.06. The van der Waals surface area contributed by atoms with Gasteiger partial charge in [0.2, 0.25) is 10.0 Å². The van der Waals surface area contributed by atoms with Crippen molar-refractivity contribution in [3.63, 3.8) is 0 Å². The van der Waals surface area contributed by atoms with Crippen molar-refractivity contribution < 1.29 is 18.3 Å². The molecule has 0 aliphatic carbocycles. The molecule has 0 spiro atoms. The van der Waals surface area contributed by atoms with Crippen LogP contribution >= 0.6 is 0 Å². The van der Waals surface area contributed by atoms with Gasteiger partial charge in [0.25, 0.3) is 0 Å². The van der Waals surface area contributed by atoms with Crippen LogP contribution in [0.3, 0.4) is 0 Å². The van der Waals surface area contributed by atoms with Gasteiger partial charge in [-0.3, -0.25) is 5.10 Å². The lowest BCUT2D eigenvalue weighted by molar-refractivity contribution is 0.0696. The van der Waals surface area contributed by atoms with Crippen molar-refractivity contribution in [3.8, 4) is 0 Å². The first-order chi connectivity index (χ1) is 9.94. The molecular formula is C13H15N3O4S. The molecule has 7 nitrogen and oxygen atoms in total. The van der Waals surface area contributed by atoms with E-state index in [0.29, 0.717) is 17.7 Å². The standard InChI is InChI=1S/C13H15N3O4S/c1-2-9-3-4-10(13(17)18)7-12(9)21(19,20)15-8-11-5-6-14-16-11/h3-7,15H,2,8H2,1H3,(H,14,16)(H,17,18). The number of carboxylic acids is 1. The lowest BCUT2D eigenvalue weighted by Gasteiger charge is -2.11. The monoisotopic (exact) mass is 309 g/mol. The number of carboxylic acid groups (broad SMARTS) is 1. The van der Waals surface area contributed by atoms with Crippen molar-refractivity contribution in [1.82, 2.24) is 14.9 Å². The Morgan fingerprint density at radius 3 is 2.71 bits per heavy atom. The molecule has 0 radical (unpaired) electrons. The summed E-state index contributed by atoms with van der Waals surface area (Å²) < 4.78 is 27.1. The zero-order valence-corrected chi connectivity index (χ0v) is 12.1. The number of H-pyrrole nitrogens is 1. The molecule has 0 amide bonds. The number of hydrogen-bond donors (Lipinski definition) is 3. The number of aromatic carboxylic acids is 1. The number of nitrogens with one attached hydrogen (secondary N) is 2. The zero-order chi connectivity index (χ0) is 15.5. The maximum atomic E-state index is 12.3. The minimum atomic E-state index is -3.80. The molecular weight excluding hydrogens is 294 g/mol. The van der Waals surface area contributed by atoms with Crippen LogP contribution in [0.2, 0.25) is 0 Å². The molecule has 2 rings (SSSR count). The molecule has 2 aromatic rings. The Morgan fingerprint density at radius 2 is 2.14 bits per heavy atom. The van der Waals surface area contributed by atoms with E-state index in [-0.39, 0.29) is 17.0 Å². The Bertz CT molecular complexity index is 739. The molecule has 112 valence electrons. The van der Waals surface area contributed by atoms with E-state index in [1.807, 2.05) is 6.92 Å². The highest BCUT2D eigenvalue weighted by Crippen LogP contribution is 2.19. The van der Waals surface area contributed by atoms with Gasteiger partial charge in [0.15, 0.2) is 0 Å². The van der Waals surface area contributed by atoms with Crippen LogP contribution in [0, 0.1) is 0 Å². The molecule has 21 heavy (non-hydrogen) atoms. The van der Waals surface area contributed by atoms with Crippen molar-refractivity contribution in [2.45, 2.75) is 24.8 Å². The van der Waals surface area contributed by atoms with Crippen LogP contribution in [-0.4, -0.2) is 29.7 Å². The van der Waals surface area contributed by atoms with Crippen molar-refractivity contribution in [3.05, 3.63) is 47.3 Å². The summed E-state index contributed by atoms with van der Waals surface area (Å²) in [5, 5.41) is 15.4. The van der Waals surface area contributed by atoms with E-state index in [1.54, 1.807) is 6.07 Å². The molecule has 0 bridgehead atoms. The van der Waals surface area contributed by atoms with Crippen LogP contribution in [0.25, 0.3) is 0 Å². The summed E-state index contributed by atoms with van der Waals surface area (Å²) in [7, 11) is -3.80. The number of aromatic amines is 1. The van der Waals surface area contributed by atoms with Crippen LogP contribution in [0.4, 0.5) is 0 Å². The maximum absolute atomic E-state index is 12.3. The van der Waals surface area contributed by atoms with Gasteiger partial charge in [0.1, 0.15) is 0 Å². The molecule has 0 aliphatic heterocycles. The van der Waals surface area contributed by atoms with Crippen LogP contribution in [0.1, 0.15) is 28.5 Å². The number of hydrogen-bond acceptors (Lipinski definition) is 4. The van der Waals surface area contributed by atoms with E-state index in [2.05, 4.69) is 14.9 Å². The molecule has 0 atom stereocenters. The van der Waals surface area contributed by atoms with Crippen LogP contribution in [0.5, 0.6) is 0 Å². The average molecular weight is 309 g/mol. The predicted octanol–water partition coefficient (Wildman–Crippen LogP) is 1.15. The lowest BCUT2D eigenvalue weighted by Crippen LogP contribution is -2.25. The number of aryl methyl sites for hydroxylation is 1. The molecule has 3 N–H and O–H groups in total. The fourth-order valence-electron chi connectivity index (χ4n) is 1.86. The Labute approximate surface area is 122 Å². The van der Waals surface area contributed by atoms with E-state index >= 15 is 0 Å². The fraction of sp³-hybridized carbons (Fsp3) is 0.231. The Kier molecular flexibility index (Phi) is 4.39. The minimum Gasteiger partial charge on any atom is -0.478 e. The Balaban J connectivity index is 2.33. The van der Waals surface area contributed by atoms with Gasteiger partial charge in [-0.15, -0.1) is 0 Å². The van der Waals surface area contributed by atoms with E-state index in [4.69, 9.17) is 5.11 Å². The molecule has 8 heteroatoms. The SMILES string of the molecule is CCc1ccc(C(=O)O)cc1S(=O)(=O)NCc1ccn[nH]1. The van der Waals surface area contributed by atoms with Gasteiger partial charge < -0.3 is 5.11 Å². The maximum Gasteiger partial charge on any atom is 0.335 e. The molecule has 0 aliphatic rings. The summed E-state index contributed by atoms with van der Waals surface area (Å²) in [6.45, 7) is 1.87. The van der Waals surface area contributed by atoms with Crippen LogP contribution in [-0.2, 0) is 23.0 Å². The van der Waals surface area contributed by atoms with Gasteiger partial charge in [-0.25, -0.2) is 17.9 Å².